The maximum Gasteiger partial charge on any atom is 0.340 e. The Morgan fingerprint density at radius 2 is 2.06 bits per heavy atom. The van der Waals surface area contributed by atoms with E-state index in [-0.39, 0.29) is 34.5 Å². The molecular weight excluding hydrogens is 475 g/mol. The molecule has 35 heavy (non-hydrogen) atoms. The molecule has 2 aromatic carbocycles. The predicted octanol–water partition coefficient (Wildman–Crippen LogP) is 3.72. The third kappa shape index (κ3) is 3.15. The number of carbonyl (C=O) groups excluding carboxylic acids is 2. The Labute approximate surface area is 205 Å². The fourth-order valence-corrected chi connectivity index (χ4v) is 5.23. The number of ether oxygens (including phenoxy) is 2. The van der Waals surface area contributed by atoms with Crippen molar-refractivity contribution in [2.45, 2.75) is 31.7 Å². The van der Waals surface area contributed by atoms with Crippen molar-refractivity contribution in [2.24, 2.45) is 5.73 Å². The van der Waals surface area contributed by atoms with E-state index < -0.39 is 23.1 Å². The number of anilines is 1. The molecule has 8 nitrogen and oxygen atoms in total. The van der Waals surface area contributed by atoms with E-state index in [4.69, 9.17) is 26.8 Å². The average molecular weight is 497 g/mol. The quantitative estimate of drug-likeness (QED) is 0.521. The average Bonchev–Trinajstić information content (AvgIpc) is 3.34. The maximum absolute atomic E-state index is 14.8. The number of nitrogens with one attached hydrogen (secondary N) is 1. The summed E-state index contributed by atoms with van der Waals surface area (Å²) < 4.78 is 25.5. The predicted molar refractivity (Wildman–Crippen MR) is 126 cm³/mol. The highest BCUT2D eigenvalue weighted by molar-refractivity contribution is 6.31. The first-order chi connectivity index (χ1) is 16.9. The third-order valence-corrected chi connectivity index (χ3v) is 6.80. The number of hydrogen-bond donors (Lipinski definition) is 2. The highest BCUT2D eigenvalue weighted by Gasteiger charge is 2.62. The highest BCUT2D eigenvalue weighted by atomic mass is 35.5. The largest absolute Gasteiger partial charge is 0.465 e. The molecule has 1 atom stereocenters. The second-order valence-electron chi connectivity index (χ2n) is 8.32. The summed E-state index contributed by atoms with van der Waals surface area (Å²) in [6.45, 7) is 1.82. The Morgan fingerprint density at radius 3 is 2.77 bits per heavy atom. The molecule has 10 heteroatoms. The van der Waals surface area contributed by atoms with E-state index in [0.717, 1.165) is 6.42 Å². The van der Waals surface area contributed by atoms with E-state index in [1.807, 2.05) is 6.92 Å². The Morgan fingerprint density at radius 1 is 1.29 bits per heavy atom. The number of esters is 1. The van der Waals surface area contributed by atoms with Crippen LogP contribution in [0, 0.1) is 5.82 Å². The number of fused-ring (bicyclic) bond motifs is 4. The first-order valence-corrected chi connectivity index (χ1v) is 11.4. The van der Waals surface area contributed by atoms with Crippen molar-refractivity contribution in [3.05, 3.63) is 87.1 Å². The first kappa shape index (κ1) is 22.9. The molecule has 3 aromatic rings. The zero-order valence-electron chi connectivity index (χ0n) is 19.0. The smallest absolute Gasteiger partial charge is 0.340 e. The van der Waals surface area contributed by atoms with E-state index in [1.165, 1.54) is 24.1 Å². The lowest BCUT2D eigenvalue weighted by atomic mass is 9.68. The number of rotatable bonds is 5. The van der Waals surface area contributed by atoms with Gasteiger partial charge in [-0.2, -0.15) is 0 Å². The van der Waals surface area contributed by atoms with Crippen LogP contribution in [-0.4, -0.2) is 29.2 Å². The maximum atomic E-state index is 14.8. The zero-order valence-corrected chi connectivity index (χ0v) is 19.8. The summed E-state index contributed by atoms with van der Waals surface area (Å²) in [5, 5.41) is 7.37. The van der Waals surface area contributed by atoms with E-state index >= 15 is 0 Å². The normalized spacial score (nSPS) is 18.5. The fourth-order valence-electron chi connectivity index (χ4n) is 5.01. The lowest BCUT2D eigenvalue weighted by Gasteiger charge is -2.34. The van der Waals surface area contributed by atoms with Crippen LogP contribution in [0.4, 0.5) is 10.1 Å². The second kappa shape index (κ2) is 8.42. The van der Waals surface area contributed by atoms with Gasteiger partial charge in [-0.3, -0.25) is 9.89 Å². The standard InChI is InChI=1S/C25H22ClFN4O4/c1-3-7-17-19-22(30-29-17)35-21(28)20(23(32)34-2)25(19)14-8-4-5-11-18(14)31(24(25)33)12-13-15(26)9-6-10-16(13)27/h4-6,8-11H,3,7,12,28H2,1-2H3,(H,29,30). The van der Waals surface area contributed by atoms with E-state index in [0.29, 0.717) is 28.9 Å². The van der Waals surface area contributed by atoms with Crippen LogP contribution in [0.3, 0.4) is 0 Å². The van der Waals surface area contributed by atoms with Gasteiger partial charge in [0.25, 0.3) is 0 Å². The summed E-state index contributed by atoms with van der Waals surface area (Å²) in [5.74, 6) is -2.05. The summed E-state index contributed by atoms with van der Waals surface area (Å²) in [6, 6.07) is 11.3. The molecule has 0 aliphatic carbocycles. The van der Waals surface area contributed by atoms with Gasteiger partial charge in [0.2, 0.25) is 17.7 Å². The van der Waals surface area contributed by atoms with Crippen molar-refractivity contribution >= 4 is 29.2 Å². The molecular formula is C25H22ClFN4O4. The molecule has 0 saturated carbocycles. The minimum atomic E-state index is -1.70. The Hall–Kier alpha value is -3.85. The molecule has 2 aliphatic rings. The van der Waals surface area contributed by atoms with Crippen molar-refractivity contribution in [3.8, 4) is 5.88 Å². The number of methoxy groups -OCH3 is 1. The summed E-state index contributed by atoms with van der Waals surface area (Å²) in [7, 11) is 1.20. The lowest BCUT2D eigenvalue weighted by Crippen LogP contribution is -2.48. The van der Waals surface area contributed by atoms with Crippen LogP contribution in [0.2, 0.25) is 5.02 Å². The van der Waals surface area contributed by atoms with E-state index in [9.17, 15) is 14.0 Å². The van der Waals surface area contributed by atoms with Crippen LogP contribution in [0.5, 0.6) is 5.88 Å². The minimum absolute atomic E-state index is 0.104. The summed E-state index contributed by atoms with van der Waals surface area (Å²) >= 11 is 6.30. The van der Waals surface area contributed by atoms with Gasteiger partial charge >= 0.3 is 5.97 Å². The van der Waals surface area contributed by atoms with Crippen LogP contribution in [0.25, 0.3) is 0 Å². The molecule has 1 spiro atoms. The number of benzene rings is 2. The molecule has 1 aromatic heterocycles. The Balaban J connectivity index is 1.82. The Bertz CT molecular complexity index is 1380. The number of carbonyl (C=O) groups is 2. The number of nitrogens with two attached hydrogens (primary N) is 1. The monoisotopic (exact) mass is 496 g/mol. The number of aromatic amines is 1. The molecule has 0 radical (unpaired) electrons. The second-order valence-corrected chi connectivity index (χ2v) is 8.73. The van der Waals surface area contributed by atoms with Gasteiger partial charge < -0.3 is 20.1 Å². The lowest BCUT2D eigenvalue weighted by molar-refractivity contribution is -0.138. The number of aromatic nitrogens is 2. The van der Waals surface area contributed by atoms with Gasteiger partial charge in [0, 0.05) is 27.5 Å². The van der Waals surface area contributed by atoms with Gasteiger partial charge in [0.1, 0.15) is 16.8 Å². The van der Waals surface area contributed by atoms with Gasteiger partial charge in [0.05, 0.1) is 19.2 Å². The molecule has 3 N–H and O–H groups in total. The Kier molecular flexibility index (Phi) is 5.52. The molecule has 0 bridgehead atoms. The summed E-state index contributed by atoms with van der Waals surface area (Å²) in [5.41, 5.74) is 6.54. The van der Waals surface area contributed by atoms with Crippen molar-refractivity contribution in [3.63, 3.8) is 0 Å². The fraction of sp³-hybridized carbons (Fsp3) is 0.240. The molecule has 1 unspecified atom stereocenters. The van der Waals surface area contributed by atoms with E-state index in [1.54, 1.807) is 30.3 Å². The number of nitrogens with zero attached hydrogens (tertiary/aromatic N) is 2. The number of aryl methyl sites for hydroxylation is 1. The third-order valence-electron chi connectivity index (χ3n) is 6.44. The van der Waals surface area contributed by atoms with Gasteiger partial charge in [-0.05, 0) is 24.6 Å². The molecule has 2 aliphatic heterocycles. The number of hydrogen-bond acceptors (Lipinski definition) is 6. The van der Waals surface area contributed by atoms with Crippen molar-refractivity contribution in [1.29, 1.82) is 0 Å². The van der Waals surface area contributed by atoms with Gasteiger partial charge in [-0.25, -0.2) is 9.18 Å². The number of amides is 1. The first-order valence-electron chi connectivity index (χ1n) is 11.0. The van der Waals surface area contributed by atoms with Crippen LogP contribution in [0.1, 0.15) is 35.7 Å². The van der Waals surface area contributed by atoms with Crippen molar-refractivity contribution in [2.75, 3.05) is 12.0 Å². The molecule has 180 valence electrons. The molecule has 0 fully saturated rings. The number of H-pyrrole nitrogens is 1. The summed E-state index contributed by atoms with van der Waals surface area (Å²) in [6.07, 6.45) is 1.28. The van der Waals surface area contributed by atoms with Gasteiger partial charge in [-0.1, -0.05) is 49.2 Å². The zero-order chi connectivity index (χ0) is 24.9. The van der Waals surface area contributed by atoms with Crippen LogP contribution in [-0.2, 0) is 32.7 Å². The van der Waals surface area contributed by atoms with Crippen LogP contribution >= 0.6 is 11.6 Å². The molecule has 1 amide bonds. The van der Waals surface area contributed by atoms with Crippen LogP contribution < -0.4 is 15.4 Å². The van der Waals surface area contributed by atoms with Crippen molar-refractivity contribution < 1.29 is 23.5 Å². The summed E-state index contributed by atoms with van der Waals surface area (Å²) in [4.78, 5) is 29.1. The number of para-hydroxylation sites is 1. The van der Waals surface area contributed by atoms with Gasteiger partial charge in [0.15, 0.2) is 0 Å². The molecule has 0 saturated heterocycles. The minimum Gasteiger partial charge on any atom is -0.465 e. The van der Waals surface area contributed by atoms with Crippen molar-refractivity contribution in [1.82, 2.24) is 10.2 Å². The molecule has 5 rings (SSSR count). The SMILES string of the molecule is CCCc1[nH]nc2c1C1(C(=O)N(Cc3c(F)cccc3Cl)c3ccccc31)C(C(=O)OC)=C(N)O2. The number of halogens is 2. The topological polar surface area (TPSA) is 111 Å². The van der Waals surface area contributed by atoms with E-state index in [2.05, 4.69) is 10.2 Å². The molecule has 3 heterocycles. The highest BCUT2D eigenvalue weighted by Crippen LogP contribution is 2.56. The van der Waals surface area contributed by atoms with Crippen LogP contribution in [0.15, 0.2) is 53.9 Å². The van der Waals surface area contributed by atoms with Gasteiger partial charge in [-0.15, -0.1) is 5.10 Å².